The molecule has 0 spiro atoms. The van der Waals surface area contributed by atoms with Crippen LogP contribution in [0.4, 0.5) is 0 Å². The lowest BCUT2D eigenvalue weighted by molar-refractivity contribution is 0.0959. The zero-order valence-electron chi connectivity index (χ0n) is 12.4. The average molecular weight is 305 g/mol. The summed E-state index contributed by atoms with van der Waals surface area (Å²) >= 11 is 0. The number of pyridine rings is 1. The van der Waals surface area contributed by atoms with Crippen LogP contribution in [-0.2, 0) is 0 Å². The van der Waals surface area contributed by atoms with Gasteiger partial charge in [0.15, 0.2) is 0 Å². The Labute approximate surface area is 133 Å². The standard InChI is InChI=1S/C18H15N3O2/c22-18(15-6-5-14-7-10-20-17(14)12-15)21-9-1-2-11-23-16-4-3-8-19-13-16/h3-8,10,12-13,20H,9,11H2,(H,21,22). The fourth-order valence-corrected chi connectivity index (χ4v) is 2.08. The highest BCUT2D eigenvalue weighted by atomic mass is 16.5. The van der Waals surface area contributed by atoms with Crippen molar-refractivity contribution in [3.63, 3.8) is 0 Å². The van der Waals surface area contributed by atoms with Crippen molar-refractivity contribution >= 4 is 16.8 Å². The zero-order valence-corrected chi connectivity index (χ0v) is 12.4. The maximum absolute atomic E-state index is 12.0. The number of amides is 1. The number of hydrogen-bond acceptors (Lipinski definition) is 3. The molecule has 114 valence electrons. The highest BCUT2D eigenvalue weighted by molar-refractivity contribution is 5.97. The van der Waals surface area contributed by atoms with E-state index in [1.807, 2.05) is 30.5 Å². The van der Waals surface area contributed by atoms with E-state index in [-0.39, 0.29) is 19.1 Å². The molecule has 0 aliphatic heterocycles. The van der Waals surface area contributed by atoms with Gasteiger partial charge in [-0.05, 0) is 35.7 Å². The number of hydrogen-bond donors (Lipinski definition) is 2. The third-order valence-corrected chi connectivity index (χ3v) is 3.22. The Morgan fingerprint density at radius 2 is 2.22 bits per heavy atom. The molecule has 2 aromatic heterocycles. The first-order valence-electron chi connectivity index (χ1n) is 7.17. The van der Waals surface area contributed by atoms with Crippen LogP contribution in [-0.4, -0.2) is 29.0 Å². The van der Waals surface area contributed by atoms with E-state index in [1.54, 1.807) is 24.5 Å². The fourth-order valence-electron chi connectivity index (χ4n) is 2.08. The number of fused-ring (bicyclic) bond motifs is 1. The van der Waals surface area contributed by atoms with Crippen LogP contribution < -0.4 is 10.1 Å². The highest BCUT2D eigenvalue weighted by Crippen LogP contribution is 2.13. The number of aromatic nitrogens is 2. The second kappa shape index (κ2) is 7.14. The summed E-state index contributed by atoms with van der Waals surface area (Å²) in [4.78, 5) is 19.1. The number of benzene rings is 1. The summed E-state index contributed by atoms with van der Waals surface area (Å²) in [5.74, 6) is 6.22. The number of carbonyl (C=O) groups excluding carboxylic acids is 1. The molecule has 0 saturated carbocycles. The van der Waals surface area contributed by atoms with Gasteiger partial charge in [-0.15, -0.1) is 0 Å². The molecule has 0 saturated heterocycles. The third kappa shape index (κ3) is 3.89. The van der Waals surface area contributed by atoms with Crippen molar-refractivity contribution in [1.82, 2.24) is 15.3 Å². The van der Waals surface area contributed by atoms with Crippen molar-refractivity contribution in [2.45, 2.75) is 0 Å². The molecular formula is C18H15N3O2. The van der Waals surface area contributed by atoms with Crippen molar-refractivity contribution in [2.24, 2.45) is 0 Å². The average Bonchev–Trinajstić information content (AvgIpc) is 3.06. The number of nitrogens with one attached hydrogen (secondary N) is 2. The molecule has 0 aliphatic rings. The number of carbonyl (C=O) groups is 1. The third-order valence-electron chi connectivity index (χ3n) is 3.22. The Balaban J connectivity index is 1.47. The van der Waals surface area contributed by atoms with Gasteiger partial charge in [0.1, 0.15) is 12.4 Å². The molecule has 0 unspecified atom stereocenters. The first-order chi connectivity index (χ1) is 11.3. The van der Waals surface area contributed by atoms with Gasteiger partial charge in [-0.2, -0.15) is 0 Å². The molecule has 0 aliphatic carbocycles. The lowest BCUT2D eigenvalue weighted by Gasteiger charge is -2.02. The quantitative estimate of drug-likeness (QED) is 0.727. The number of ether oxygens (including phenoxy) is 1. The van der Waals surface area contributed by atoms with E-state index in [2.05, 4.69) is 27.1 Å². The van der Waals surface area contributed by atoms with E-state index in [4.69, 9.17) is 4.74 Å². The first kappa shape index (κ1) is 14.7. The molecule has 23 heavy (non-hydrogen) atoms. The van der Waals surface area contributed by atoms with Crippen molar-refractivity contribution in [3.8, 4) is 17.6 Å². The van der Waals surface area contributed by atoms with Gasteiger partial charge in [-0.25, -0.2) is 0 Å². The van der Waals surface area contributed by atoms with Gasteiger partial charge in [0.05, 0.1) is 12.7 Å². The second-order valence-electron chi connectivity index (χ2n) is 4.79. The van der Waals surface area contributed by atoms with Gasteiger partial charge in [-0.1, -0.05) is 17.9 Å². The Bertz CT molecular complexity index is 860. The lowest BCUT2D eigenvalue weighted by atomic mass is 10.1. The van der Waals surface area contributed by atoms with E-state index in [0.717, 1.165) is 10.9 Å². The minimum Gasteiger partial charge on any atom is -0.479 e. The van der Waals surface area contributed by atoms with Gasteiger partial charge in [0, 0.05) is 23.5 Å². The summed E-state index contributed by atoms with van der Waals surface area (Å²) in [5.41, 5.74) is 1.54. The van der Waals surface area contributed by atoms with Gasteiger partial charge in [0.2, 0.25) is 0 Å². The lowest BCUT2D eigenvalue weighted by Crippen LogP contribution is -2.23. The van der Waals surface area contributed by atoms with Gasteiger partial charge < -0.3 is 15.0 Å². The molecule has 0 bridgehead atoms. The van der Waals surface area contributed by atoms with Crippen LogP contribution in [0.25, 0.3) is 10.9 Å². The topological polar surface area (TPSA) is 67.0 Å². The summed E-state index contributed by atoms with van der Waals surface area (Å²) in [6.45, 7) is 0.536. The Hall–Kier alpha value is -3.26. The number of H-pyrrole nitrogens is 1. The SMILES string of the molecule is O=C(NCC#CCOc1cccnc1)c1ccc2cc[nH]c2c1. The van der Waals surface area contributed by atoms with Crippen molar-refractivity contribution in [2.75, 3.05) is 13.2 Å². The maximum Gasteiger partial charge on any atom is 0.252 e. The van der Waals surface area contributed by atoms with Crippen LogP contribution in [0.3, 0.4) is 0 Å². The van der Waals surface area contributed by atoms with E-state index >= 15 is 0 Å². The first-order valence-corrected chi connectivity index (χ1v) is 7.17. The van der Waals surface area contributed by atoms with Crippen LogP contribution in [0.1, 0.15) is 10.4 Å². The number of nitrogens with zero attached hydrogens (tertiary/aromatic N) is 1. The smallest absolute Gasteiger partial charge is 0.252 e. The molecule has 3 aromatic rings. The highest BCUT2D eigenvalue weighted by Gasteiger charge is 2.05. The molecular weight excluding hydrogens is 290 g/mol. The van der Waals surface area contributed by atoms with Gasteiger partial charge >= 0.3 is 0 Å². The van der Waals surface area contributed by atoms with Crippen molar-refractivity contribution in [1.29, 1.82) is 0 Å². The Morgan fingerprint density at radius 1 is 1.26 bits per heavy atom. The molecule has 1 amide bonds. The van der Waals surface area contributed by atoms with E-state index in [1.165, 1.54) is 0 Å². The van der Waals surface area contributed by atoms with Gasteiger partial charge in [-0.3, -0.25) is 9.78 Å². The van der Waals surface area contributed by atoms with E-state index in [0.29, 0.717) is 11.3 Å². The van der Waals surface area contributed by atoms with E-state index in [9.17, 15) is 4.79 Å². The summed E-state index contributed by atoms with van der Waals surface area (Å²) < 4.78 is 5.38. The van der Waals surface area contributed by atoms with Crippen LogP contribution in [0.2, 0.25) is 0 Å². The zero-order chi connectivity index (χ0) is 15.9. The summed E-state index contributed by atoms with van der Waals surface area (Å²) in [7, 11) is 0. The Kier molecular flexibility index (Phi) is 4.55. The Morgan fingerprint density at radius 3 is 3.09 bits per heavy atom. The summed E-state index contributed by atoms with van der Waals surface area (Å²) in [5, 5.41) is 3.84. The largest absolute Gasteiger partial charge is 0.479 e. The molecule has 2 N–H and O–H groups in total. The summed E-state index contributed by atoms with van der Waals surface area (Å²) in [6.07, 6.45) is 5.15. The molecule has 2 heterocycles. The fraction of sp³-hybridized carbons (Fsp3) is 0.111. The van der Waals surface area contributed by atoms with E-state index < -0.39 is 0 Å². The molecule has 5 nitrogen and oxygen atoms in total. The molecule has 1 aromatic carbocycles. The minimum atomic E-state index is -0.149. The monoisotopic (exact) mass is 305 g/mol. The van der Waals surface area contributed by atoms with Crippen molar-refractivity contribution in [3.05, 3.63) is 60.6 Å². The molecule has 0 radical (unpaired) electrons. The molecule has 3 rings (SSSR count). The predicted molar refractivity (Wildman–Crippen MR) is 88.1 cm³/mol. The van der Waals surface area contributed by atoms with Crippen LogP contribution in [0.5, 0.6) is 5.75 Å². The van der Waals surface area contributed by atoms with Crippen molar-refractivity contribution < 1.29 is 9.53 Å². The van der Waals surface area contributed by atoms with Crippen LogP contribution in [0.15, 0.2) is 55.0 Å². The number of rotatable bonds is 4. The summed E-state index contributed by atoms with van der Waals surface area (Å²) in [6, 6.07) is 11.1. The van der Waals surface area contributed by atoms with Crippen LogP contribution >= 0.6 is 0 Å². The van der Waals surface area contributed by atoms with Gasteiger partial charge in [0.25, 0.3) is 5.91 Å². The minimum absolute atomic E-state index is 0.149. The molecule has 5 heteroatoms. The number of aromatic amines is 1. The van der Waals surface area contributed by atoms with Crippen LogP contribution in [0, 0.1) is 11.8 Å². The second-order valence-corrected chi connectivity index (χ2v) is 4.79. The normalized spacial score (nSPS) is 9.91. The molecule has 0 atom stereocenters. The maximum atomic E-state index is 12.0. The predicted octanol–water partition coefficient (Wildman–Crippen LogP) is 2.38. The molecule has 0 fully saturated rings.